The number of nitrogens with zero attached hydrogens (tertiary/aromatic N) is 2. The van der Waals surface area contributed by atoms with Crippen LogP contribution in [0.3, 0.4) is 0 Å². The number of nitrogens with one attached hydrogen (secondary N) is 2. The van der Waals surface area contributed by atoms with Gasteiger partial charge in [-0.15, -0.1) is 0 Å². The molecule has 0 saturated carbocycles. The van der Waals surface area contributed by atoms with Crippen LogP contribution in [0.5, 0.6) is 0 Å². The molecule has 1 unspecified atom stereocenters. The number of para-hydroxylation sites is 1. The van der Waals surface area contributed by atoms with Gasteiger partial charge in [0.05, 0.1) is 12.6 Å². The van der Waals surface area contributed by atoms with E-state index >= 15 is 0 Å². The van der Waals surface area contributed by atoms with Crippen molar-refractivity contribution in [1.29, 1.82) is 0 Å². The van der Waals surface area contributed by atoms with E-state index in [1.807, 2.05) is 62.4 Å². The highest BCUT2D eigenvalue weighted by Crippen LogP contribution is 2.35. The van der Waals surface area contributed by atoms with Gasteiger partial charge in [-0.1, -0.05) is 55.0 Å². The molecule has 2 aromatic carbocycles. The van der Waals surface area contributed by atoms with Gasteiger partial charge in [0.15, 0.2) is 0 Å². The van der Waals surface area contributed by atoms with Crippen molar-refractivity contribution in [2.75, 3.05) is 10.6 Å². The average molecular weight is 374 g/mol. The van der Waals surface area contributed by atoms with Crippen LogP contribution in [0.25, 0.3) is 11.1 Å². The lowest BCUT2D eigenvalue weighted by molar-refractivity contribution is -0.123. The zero-order chi connectivity index (χ0) is 19.7. The number of anilines is 2. The van der Waals surface area contributed by atoms with E-state index < -0.39 is 6.04 Å². The smallest absolute Gasteiger partial charge is 0.251 e. The van der Waals surface area contributed by atoms with Gasteiger partial charge in [0.1, 0.15) is 11.9 Å². The molecular weight excluding hydrogens is 352 g/mol. The molecule has 1 aliphatic heterocycles. The second-order valence-electron chi connectivity index (χ2n) is 6.99. The highest BCUT2D eigenvalue weighted by Gasteiger charge is 2.35. The molecule has 0 saturated heterocycles. The number of rotatable bonds is 5. The van der Waals surface area contributed by atoms with Crippen LogP contribution in [0.1, 0.15) is 30.5 Å². The first kappa shape index (κ1) is 18.0. The quantitative estimate of drug-likeness (QED) is 0.710. The predicted octanol–water partition coefficient (Wildman–Crippen LogP) is 3.94. The summed E-state index contributed by atoms with van der Waals surface area (Å²) < 4.78 is 1.61. The van der Waals surface area contributed by atoms with E-state index in [4.69, 9.17) is 0 Å². The lowest BCUT2D eigenvalue weighted by Gasteiger charge is -2.12. The standard InChI is InChI=1S/C22H22N4O2/c1-3-15-6-4-5-7-18(15)24-20(27)12-19-22(28)25-21-17(13-23-26(19)21)16-10-8-14(2)9-11-16/h4-11,13,19H,3,12H2,1-2H3,(H,24,27)(H,25,28). The van der Waals surface area contributed by atoms with Crippen LogP contribution in [0.2, 0.25) is 0 Å². The van der Waals surface area contributed by atoms with Gasteiger partial charge in [0.2, 0.25) is 5.91 Å². The third kappa shape index (κ3) is 3.29. The fraction of sp³-hybridized carbons (Fsp3) is 0.227. The maximum absolute atomic E-state index is 12.6. The Labute approximate surface area is 163 Å². The molecule has 0 bridgehead atoms. The predicted molar refractivity (Wildman–Crippen MR) is 109 cm³/mol. The molecule has 0 aliphatic carbocycles. The second kappa shape index (κ2) is 7.31. The number of aryl methyl sites for hydroxylation is 2. The maximum atomic E-state index is 12.6. The third-order valence-electron chi connectivity index (χ3n) is 5.05. The molecule has 3 aromatic rings. The second-order valence-corrected chi connectivity index (χ2v) is 6.99. The summed E-state index contributed by atoms with van der Waals surface area (Å²) in [5, 5.41) is 10.2. The van der Waals surface area contributed by atoms with Gasteiger partial charge in [-0.3, -0.25) is 9.59 Å². The van der Waals surface area contributed by atoms with Gasteiger partial charge in [-0.2, -0.15) is 5.10 Å². The molecule has 6 nitrogen and oxygen atoms in total. The molecule has 28 heavy (non-hydrogen) atoms. The molecule has 6 heteroatoms. The van der Waals surface area contributed by atoms with Gasteiger partial charge < -0.3 is 10.6 Å². The van der Waals surface area contributed by atoms with E-state index in [2.05, 4.69) is 15.7 Å². The molecule has 142 valence electrons. The van der Waals surface area contributed by atoms with E-state index in [0.717, 1.165) is 28.8 Å². The normalized spacial score (nSPS) is 15.2. The summed E-state index contributed by atoms with van der Waals surface area (Å²) in [7, 11) is 0. The molecule has 0 fully saturated rings. The SMILES string of the molecule is CCc1ccccc1NC(=O)CC1C(=O)Nc2c(-c3ccc(C)cc3)cnn21. The highest BCUT2D eigenvalue weighted by atomic mass is 16.2. The summed E-state index contributed by atoms with van der Waals surface area (Å²) >= 11 is 0. The molecule has 1 aliphatic rings. The molecule has 0 spiro atoms. The summed E-state index contributed by atoms with van der Waals surface area (Å²) in [6.45, 7) is 4.07. The summed E-state index contributed by atoms with van der Waals surface area (Å²) in [5.41, 5.74) is 4.85. The first-order valence-corrected chi connectivity index (χ1v) is 9.40. The van der Waals surface area contributed by atoms with Gasteiger partial charge in [0.25, 0.3) is 5.91 Å². The van der Waals surface area contributed by atoms with Crippen LogP contribution in [0, 0.1) is 6.92 Å². The largest absolute Gasteiger partial charge is 0.326 e. The minimum atomic E-state index is -0.650. The van der Waals surface area contributed by atoms with E-state index in [-0.39, 0.29) is 18.2 Å². The van der Waals surface area contributed by atoms with Crippen molar-refractivity contribution < 1.29 is 9.59 Å². The van der Waals surface area contributed by atoms with Crippen LogP contribution in [0.4, 0.5) is 11.5 Å². The third-order valence-corrected chi connectivity index (χ3v) is 5.05. The Kier molecular flexibility index (Phi) is 4.69. The van der Waals surface area contributed by atoms with Gasteiger partial charge in [0, 0.05) is 11.3 Å². The minimum Gasteiger partial charge on any atom is -0.326 e. The van der Waals surface area contributed by atoms with Crippen molar-refractivity contribution in [1.82, 2.24) is 9.78 Å². The maximum Gasteiger partial charge on any atom is 0.251 e. The van der Waals surface area contributed by atoms with E-state index in [0.29, 0.717) is 5.82 Å². The first-order chi connectivity index (χ1) is 13.6. The van der Waals surface area contributed by atoms with Crippen molar-refractivity contribution in [2.24, 2.45) is 0 Å². The van der Waals surface area contributed by atoms with Crippen LogP contribution in [0.15, 0.2) is 54.7 Å². The summed E-state index contributed by atoms with van der Waals surface area (Å²) in [4.78, 5) is 25.1. The fourth-order valence-electron chi connectivity index (χ4n) is 3.49. The van der Waals surface area contributed by atoms with E-state index in [1.165, 1.54) is 5.56 Å². The summed E-state index contributed by atoms with van der Waals surface area (Å²) in [5.74, 6) is 0.220. The minimum absolute atomic E-state index is 0.0336. The Balaban J connectivity index is 1.54. The Hall–Kier alpha value is -3.41. The topological polar surface area (TPSA) is 76.0 Å². The van der Waals surface area contributed by atoms with Crippen LogP contribution < -0.4 is 10.6 Å². The van der Waals surface area contributed by atoms with Crippen LogP contribution in [-0.4, -0.2) is 21.6 Å². The number of aromatic nitrogens is 2. The van der Waals surface area contributed by atoms with Gasteiger partial charge in [-0.25, -0.2) is 4.68 Å². The van der Waals surface area contributed by atoms with Gasteiger partial charge in [-0.05, 0) is 30.5 Å². The summed E-state index contributed by atoms with van der Waals surface area (Å²) in [6, 6.07) is 15.1. The first-order valence-electron chi connectivity index (χ1n) is 9.40. The Morgan fingerprint density at radius 3 is 2.68 bits per heavy atom. The number of benzene rings is 2. The molecule has 2 heterocycles. The van der Waals surface area contributed by atoms with E-state index in [9.17, 15) is 9.59 Å². The zero-order valence-electron chi connectivity index (χ0n) is 15.9. The van der Waals surface area contributed by atoms with Crippen LogP contribution in [-0.2, 0) is 16.0 Å². The number of hydrogen-bond donors (Lipinski definition) is 2. The molecule has 4 rings (SSSR count). The molecule has 1 atom stereocenters. The Bertz CT molecular complexity index is 1040. The monoisotopic (exact) mass is 374 g/mol. The van der Waals surface area contributed by atoms with Gasteiger partial charge >= 0.3 is 0 Å². The van der Waals surface area contributed by atoms with Crippen molar-refractivity contribution in [2.45, 2.75) is 32.7 Å². The molecular formula is C22H22N4O2. The summed E-state index contributed by atoms with van der Waals surface area (Å²) in [6.07, 6.45) is 2.59. The van der Waals surface area contributed by atoms with E-state index in [1.54, 1.807) is 10.9 Å². The lowest BCUT2D eigenvalue weighted by Crippen LogP contribution is -2.23. The molecule has 0 radical (unpaired) electrons. The Morgan fingerprint density at radius 2 is 1.93 bits per heavy atom. The van der Waals surface area contributed by atoms with Crippen molar-refractivity contribution in [3.05, 3.63) is 65.9 Å². The number of hydrogen-bond acceptors (Lipinski definition) is 3. The lowest BCUT2D eigenvalue weighted by atomic mass is 10.1. The van der Waals surface area contributed by atoms with Crippen molar-refractivity contribution in [3.8, 4) is 11.1 Å². The molecule has 2 amide bonds. The Morgan fingerprint density at radius 1 is 1.18 bits per heavy atom. The highest BCUT2D eigenvalue weighted by molar-refractivity contribution is 6.04. The average Bonchev–Trinajstić information content (AvgIpc) is 3.22. The zero-order valence-corrected chi connectivity index (χ0v) is 15.9. The van der Waals surface area contributed by atoms with Crippen molar-refractivity contribution >= 4 is 23.3 Å². The number of fused-ring (bicyclic) bond motifs is 1. The number of carbonyl (C=O) groups excluding carboxylic acids is 2. The van der Waals surface area contributed by atoms with Crippen LogP contribution >= 0.6 is 0 Å². The molecule has 1 aromatic heterocycles. The molecule has 2 N–H and O–H groups in total. The number of carbonyl (C=O) groups is 2. The number of amides is 2. The fourth-order valence-corrected chi connectivity index (χ4v) is 3.49. The van der Waals surface area contributed by atoms with Crippen molar-refractivity contribution in [3.63, 3.8) is 0 Å².